The minimum Gasteiger partial charge on any atom is -0.494 e. The summed E-state index contributed by atoms with van der Waals surface area (Å²) < 4.78 is 17.6. The van der Waals surface area contributed by atoms with Gasteiger partial charge in [0, 0.05) is 11.8 Å². The van der Waals surface area contributed by atoms with E-state index in [2.05, 4.69) is 21.2 Å². The van der Waals surface area contributed by atoms with Crippen molar-refractivity contribution in [2.75, 3.05) is 19.0 Å². The first-order chi connectivity index (χ1) is 15.1. The molecule has 0 bridgehead atoms. The van der Waals surface area contributed by atoms with Crippen molar-refractivity contribution < 1.29 is 19.0 Å². The average Bonchev–Trinajstić information content (AvgIpc) is 2.79. The Morgan fingerprint density at radius 2 is 1.77 bits per heavy atom. The summed E-state index contributed by atoms with van der Waals surface area (Å²) in [5.41, 5.74) is 2.56. The largest absolute Gasteiger partial charge is 0.494 e. The highest BCUT2D eigenvalue weighted by atomic mass is 79.9. The minimum atomic E-state index is -0.233. The van der Waals surface area contributed by atoms with Crippen molar-refractivity contribution in [1.29, 1.82) is 0 Å². The number of benzene rings is 3. The molecule has 1 N–H and O–H groups in total. The number of rotatable bonds is 9. The lowest BCUT2D eigenvalue weighted by atomic mass is 10.2. The quantitative estimate of drug-likeness (QED) is 0.375. The molecule has 1 amide bonds. The van der Waals surface area contributed by atoms with Gasteiger partial charge in [0.1, 0.15) is 12.4 Å². The first-order valence-corrected chi connectivity index (χ1v) is 10.6. The van der Waals surface area contributed by atoms with Crippen LogP contribution < -0.4 is 19.5 Å². The van der Waals surface area contributed by atoms with Gasteiger partial charge in [-0.2, -0.15) is 0 Å². The summed E-state index contributed by atoms with van der Waals surface area (Å²) in [7, 11) is 1.59. The van der Waals surface area contributed by atoms with Gasteiger partial charge < -0.3 is 19.5 Å². The highest BCUT2D eigenvalue weighted by molar-refractivity contribution is 9.10. The Hall–Kier alpha value is -3.25. The van der Waals surface area contributed by atoms with E-state index in [4.69, 9.17) is 14.2 Å². The molecule has 0 saturated carbocycles. The maximum absolute atomic E-state index is 12.3. The van der Waals surface area contributed by atoms with Gasteiger partial charge >= 0.3 is 0 Å². The monoisotopic (exact) mass is 481 g/mol. The van der Waals surface area contributed by atoms with E-state index >= 15 is 0 Å². The molecule has 160 valence electrons. The molecule has 0 fully saturated rings. The van der Waals surface area contributed by atoms with Crippen LogP contribution in [0, 0.1) is 0 Å². The van der Waals surface area contributed by atoms with Crippen LogP contribution in [0.15, 0.2) is 77.3 Å². The second-order valence-corrected chi connectivity index (χ2v) is 7.44. The molecule has 0 radical (unpaired) electrons. The van der Waals surface area contributed by atoms with Gasteiger partial charge in [-0.3, -0.25) is 4.79 Å². The lowest BCUT2D eigenvalue weighted by Gasteiger charge is -2.13. The number of nitrogens with one attached hydrogen (secondary N) is 1. The van der Waals surface area contributed by atoms with Crippen LogP contribution in [0.2, 0.25) is 0 Å². The second-order valence-electron chi connectivity index (χ2n) is 6.59. The zero-order valence-electron chi connectivity index (χ0n) is 17.4. The molecule has 5 nitrogen and oxygen atoms in total. The fraction of sp³-hybridized carbons (Fsp3) is 0.160. The Balaban J connectivity index is 1.65. The molecule has 0 aliphatic carbocycles. The van der Waals surface area contributed by atoms with Crippen LogP contribution in [0.3, 0.4) is 0 Å². The maximum atomic E-state index is 12.3. The number of methoxy groups -OCH3 is 1. The molecule has 3 aromatic carbocycles. The highest BCUT2D eigenvalue weighted by Gasteiger charge is 2.11. The number of amides is 1. The molecule has 0 atom stereocenters. The smallest absolute Gasteiger partial charge is 0.248 e. The molecular weight excluding hydrogens is 458 g/mol. The molecule has 0 aliphatic heterocycles. The molecule has 0 aromatic heterocycles. The van der Waals surface area contributed by atoms with E-state index in [0.29, 0.717) is 30.4 Å². The summed E-state index contributed by atoms with van der Waals surface area (Å²) >= 11 is 3.54. The lowest BCUT2D eigenvalue weighted by molar-refractivity contribution is -0.111. The van der Waals surface area contributed by atoms with E-state index in [0.717, 1.165) is 21.3 Å². The molecule has 0 aliphatic rings. The normalized spacial score (nSPS) is 10.7. The van der Waals surface area contributed by atoms with Crippen molar-refractivity contribution in [3.63, 3.8) is 0 Å². The third-order valence-electron chi connectivity index (χ3n) is 4.34. The predicted octanol–water partition coefficient (Wildman–Crippen LogP) is 6.09. The van der Waals surface area contributed by atoms with E-state index < -0.39 is 0 Å². The lowest BCUT2D eigenvalue weighted by Crippen LogP contribution is -2.07. The van der Waals surface area contributed by atoms with Gasteiger partial charge in [-0.05, 0) is 76.5 Å². The second kappa shape index (κ2) is 11.2. The van der Waals surface area contributed by atoms with E-state index in [1.807, 2.05) is 61.5 Å². The zero-order valence-corrected chi connectivity index (χ0v) is 19.0. The number of ether oxygens (including phenoxy) is 3. The van der Waals surface area contributed by atoms with Crippen molar-refractivity contribution in [1.82, 2.24) is 0 Å². The molecule has 31 heavy (non-hydrogen) atoms. The first-order valence-electron chi connectivity index (χ1n) is 9.85. The zero-order chi connectivity index (χ0) is 22.1. The summed E-state index contributed by atoms with van der Waals surface area (Å²) in [6.07, 6.45) is 3.19. The fourth-order valence-electron chi connectivity index (χ4n) is 2.86. The van der Waals surface area contributed by atoms with Gasteiger partial charge in [0.2, 0.25) is 5.91 Å². The summed E-state index contributed by atoms with van der Waals surface area (Å²) in [5.74, 6) is 1.73. The van der Waals surface area contributed by atoms with Crippen molar-refractivity contribution in [2.45, 2.75) is 13.5 Å². The summed E-state index contributed by atoms with van der Waals surface area (Å²) in [5, 5.41) is 2.83. The Morgan fingerprint density at radius 1 is 1.03 bits per heavy atom. The molecule has 0 heterocycles. The first kappa shape index (κ1) is 22.4. The number of anilines is 1. The van der Waals surface area contributed by atoms with E-state index in [-0.39, 0.29) is 5.91 Å². The third kappa shape index (κ3) is 6.62. The van der Waals surface area contributed by atoms with Gasteiger partial charge in [0.05, 0.1) is 18.2 Å². The van der Waals surface area contributed by atoms with Crippen LogP contribution in [0.5, 0.6) is 17.2 Å². The van der Waals surface area contributed by atoms with E-state index in [1.165, 1.54) is 6.08 Å². The van der Waals surface area contributed by atoms with Crippen LogP contribution in [0.25, 0.3) is 6.08 Å². The van der Waals surface area contributed by atoms with Crippen molar-refractivity contribution in [3.05, 3.63) is 88.4 Å². The van der Waals surface area contributed by atoms with Gasteiger partial charge in [0.25, 0.3) is 0 Å². The molecular formula is C25H24BrNO4. The third-order valence-corrected chi connectivity index (χ3v) is 4.93. The molecule has 0 unspecified atom stereocenters. The molecule has 3 aromatic rings. The number of carbonyl (C=O) groups excluding carboxylic acids is 1. The van der Waals surface area contributed by atoms with E-state index in [9.17, 15) is 4.79 Å². The number of carbonyl (C=O) groups is 1. The Labute approximate surface area is 190 Å². The van der Waals surface area contributed by atoms with Crippen LogP contribution in [-0.2, 0) is 11.4 Å². The van der Waals surface area contributed by atoms with Gasteiger partial charge in [0.15, 0.2) is 11.5 Å². The number of halogens is 1. The Morgan fingerprint density at radius 3 is 2.45 bits per heavy atom. The maximum Gasteiger partial charge on any atom is 0.248 e. The fourth-order valence-corrected chi connectivity index (χ4v) is 3.44. The van der Waals surface area contributed by atoms with E-state index in [1.54, 1.807) is 25.3 Å². The molecule has 3 rings (SSSR count). The number of hydrogen-bond donors (Lipinski definition) is 1. The average molecular weight is 482 g/mol. The van der Waals surface area contributed by atoms with Crippen molar-refractivity contribution in [2.24, 2.45) is 0 Å². The predicted molar refractivity (Wildman–Crippen MR) is 127 cm³/mol. The topological polar surface area (TPSA) is 56.8 Å². The highest BCUT2D eigenvalue weighted by Crippen LogP contribution is 2.37. The molecule has 0 spiro atoms. The van der Waals surface area contributed by atoms with Crippen molar-refractivity contribution in [3.8, 4) is 17.2 Å². The molecule has 0 saturated heterocycles. The van der Waals surface area contributed by atoms with Crippen LogP contribution in [-0.4, -0.2) is 19.6 Å². The van der Waals surface area contributed by atoms with Crippen LogP contribution in [0.1, 0.15) is 18.1 Å². The summed E-state index contributed by atoms with van der Waals surface area (Å²) in [4.78, 5) is 12.3. The van der Waals surface area contributed by atoms with Gasteiger partial charge in [-0.25, -0.2) is 0 Å². The van der Waals surface area contributed by atoms with Crippen molar-refractivity contribution >= 4 is 33.6 Å². The van der Waals surface area contributed by atoms with Crippen LogP contribution in [0.4, 0.5) is 5.69 Å². The number of hydrogen-bond acceptors (Lipinski definition) is 4. The summed E-state index contributed by atoms with van der Waals surface area (Å²) in [6.45, 7) is 2.95. The standard InChI is InChI=1S/C25H24BrNO4/c1-3-30-21-12-10-20(11-13-21)27-24(28)14-9-19-15-22(26)25(23(16-19)29-2)31-17-18-7-5-4-6-8-18/h4-16H,3,17H2,1-2H3,(H,27,28)/b14-9+. The molecule has 6 heteroatoms. The minimum absolute atomic E-state index is 0.233. The Bertz CT molecular complexity index is 1030. The summed E-state index contributed by atoms with van der Waals surface area (Å²) in [6, 6.07) is 20.8. The Kier molecular flexibility index (Phi) is 8.12. The van der Waals surface area contributed by atoms with Gasteiger partial charge in [-0.15, -0.1) is 0 Å². The van der Waals surface area contributed by atoms with Crippen LogP contribution >= 0.6 is 15.9 Å². The van der Waals surface area contributed by atoms with Gasteiger partial charge in [-0.1, -0.05) is 30.3 Å². The SMILES string of the molecule is CCOc1ccc(NC(=O)/C=C/c2cc(Br)c(OCc3ccccc3)c(OC)c2)cc1.